The van der Waals surface area contributed by atoms with Gasteiger partial charge in [0.15, 0.2) is 5.78 Å². The van der Waals surface area contributed by atoms with Gasteiger partial charge in [-0.1, -0.05) is 17.7 Å². The first-order valence-electron chi connectivity index (χ1n) is 4.10. The average Bonchev–Trinajstić information content (AvgIpc) is 2.44. The Balaban J connectivity index is 2.49. The van der Waals surface area contributed by atoms with Crippen LogP contribution in [0.5, 0.6) is 0 Å². The summed E-state index contributed by atoms with van der Waals surface area (Å²) in [5.74, 6) is 1.12. The SMILES string of the molecule is CC1=C(C)C2C=CC(C2)C1=O. The molecule has 0 amide bonds. The van der Waals surface area contributed by atoms with Gasteiger partial charge in [0.1, 0.15) is 0 Å². The summed E-state index contributed by atoms with van der Waals surface area (Å²) in [5.41, 5.74) is 2.27. The summed E-state index contributed by atoms with van der Waals surface area (Å²) in [6.07, 6.45) is 5.27. The van der Waals surface area contributed by atoms with Crippen molar-refractivity contribution in [1.82, 2.24) is 0 Å². The molecule has 2 aliphatic carbocycles. The molecule has 0 aromatic heterocycles. The number of fused-ring (bicyclic) bond motifs is 2. The summed E-state index contributed by atoms with van der Waals surface area (Å²) >= 11 is 0. The quantitative estimate of drug-likeness (QED) is 0.481. The number of allylic oxidation sites excluding steroid dienone is 4. The largest absolute Gasteiger partial charge is 0.294 e. The first-order valence-corrected chi connectivity index (χ1v) is 4.10. The zero-order chi connectivity index (χ0) is 8.01. The van der Waals surface area contributed by atoms with E-state index in [0.29, 0.717) is 11.7 Å². The molecule has 0 heterocycles. The lowest BCUT2D eigenvalue weighted by Crippen LogP contribution is -2.20. The molecule has 1 heteroatoms. The lowest BCUT2D eigenvalue weighted by atomic mass is 9.82. The van der Waals surface area contributed by atoms with Crippen molar-refractivity contribution in [1.29, 1.82) is 0 Å². The maximum absolute atomic E-state index is 11.5. The lowest BCUT2D eigenvalue weighted by Gasteiger charge is -2.20. The van der Waals surface area contributed by atoms with E-state index in [1.165, 1.54) is 5.57 Å². The second-order valence-electron chi connectivity index (χ2n) is 3.51. The van der Waals surface area contributed by atoms with Crippen LogP contribution in [0.1, 0.15) is 20.3 Å². The molecule has 2 rings (SSSR count). The summed E-state index contributed by atoms with van der Waals surface area (Å²) in [6.45, 7) is 4.02. The molecule has 58 valence electrons. The predicted molar refractivity (Wildman–Crippen MR) is 44.1 cm³/mol. The van der Waals surface area contributed by atoms with Crippen LogP contribution in [0.4, 0.5) is 0 Å². The molecule has 0 aromatic carbocycles. The van der Waals surface area contributed by atoms with Crippen LogP contribution in [0.25, 0.3) is 0 Å². The summed E-state index contributed by atoms with van der Waals surface area (Å²) in [4.78, 5) is 11.5. The van der Waals surface area contributed by atoms with Gasteiger partial charge < -0.3 is 0 Å². The monoisotopic (exact) mass is 148 g/mol. The highest BCUT2D eigenvalue weighted by Crippen LogP contribution is 2.37. The van der Waals surface area contributed by atoms with Gasteiger partial charge in [-0.25, -0.2) is 0 Å². The van der Waals surface area contributed by atoms with Crippen LogP contribution in [-0.2, 0) is 4.79 Å². The fourth-order valence-corrected chi connectivity index (χ4v) is 1.97. The summed E-state index contributed by atoms with van der Waals surface area (Å²) < 4.78 is 0. The van der Waals surface area contributed by atoms with Crippen LogP contribution >= 0.6 is 0 Å². The van der Waals surface area contributed by atoms with Crippen molar-refractivity contribution in [3.05, 3.63) is 23.3 Å². The summed E-state index contributed by atoms with van der Waals surface area (Å²) in [5, 5.41) is 0. The lowest BCUT2D eigenvalue weighted by molar-refractivity contribution is -0.118. The summed E-state index contributed by atoms with van der Waals surface area (Å²) in [6, 6.07) is 0. The van der Waals surface area contributed by atoms with Crippen LogP contribution in [-0.4, -0.2) is 5.78 Å². The van der Waals surface area contributed by atoms with E-state index in [2.05, 4.69) is 19.1 Å². The molecule has 1 nitrogen and oxygen atoms in total. The van der Waals surface area contributed by atoms with E-state index >= 15 is 0 Å². The first-order chi connectivity index (χ1) is 5.20. The van der Waals surface area contributed by atoms with E-state index in [1.807, 2.05) is 6.92 Å². The van der Waals surface area contributed by atoms with Gasteiger partial charge in [-0.2, -0.15) is 0 Å². The smallest absolute Gasteiger partial charge is 0.165 e. The van der Waals surface area contributed by atoms with Gasteiger partial charge in [0, 0.05) is 5.92 Å². The average molecular weight is 148 g/mol. The van der Waals surface area contributed by atoms with Crippen molar-refractivity contribution in [2.45, 2.75) is 20.3 Å². The highest BCUT2D eigenvalue weighted by molar-refractivity contribution is 6.00. The number of Topliss-reactive ketones (excluding diaryl/α,β-unsaturated/α-hetero) is 1. The Morgan fingerprint density at radius 2 is 1.91 bits per heavy atom. The number of ketones is 1. The molecule has 0 aromatic rings. The molecule has 0 spiro atoms. The minimum atomic E-state index is 0.212. The molecule has 2 atom stereocenters. The number of hydrogen-bond donors (Lipinski definition) is 0. The maximum Gasteiger partial charge on any atom is 0.165 e. The number of hydrogen-bond acceptors (Lipinski definition) is 1. The molecular weight excluding hydrogens is 136 g/mol. The van der Waals surface area contributed by atoms with Crippen LogP contribution in [0.2, 0.25) is 0 Å². The third-order valence-electron chi connectivity index (χ3n) is 2.94. The van der Waals surface area contributed by atoms with E-state index < -0.39 is 0 Å². The Morgan fingerprint density at radius 3 is 2.64 bits per heavy atom. The molecule has 0 aliphatic heterocycles. The van der Waals surface area contributed by atoms with Crippen molar-refractivity contribution >= 4 is 5.78 Å². The Hall–Kier alpha value is -0.850. The fraction of sp³-hybridized carbons (Fsp3) is 0.500. The van der Waals surface area contributed by atoms with Crippen LogP contribution in [0.3, 0.4) is 0 Å². The van der Waals surface area contributed by atoms with Crippen LogP contribution in [0, 0.1) is 11.8 Å². The van der Waals surface area contributed by atoms with Gasteiger partial charge in [-0.3, -0.25) is 4.79 Å². The van der Waals surface area contributed by atoms with Gasteiger partial charge in [0.05, 0.1) is 0 Å². The van der Waals surface area contributed by atoms with E-state index in [0.717, 1.165) is 12.0 Å². The van der Waals surface area contributed by atoms with Crippen molar-refractivity contribution < 1.29 is 4.79 Å². The van der Waals surface area contributed by atoms with Gasteiger partial charge in [0.25, 0.3) is 0 Å². The maximum atomic E-state index is 11.5. The Kier molecular flexibility index (Phi) is 1.28. The minimum absolute atomic E-state index is 0.212. The molecular formula is C10H12O. The molecule has 2 unspecified atom stereocenters. The van der Waals surface area contributed by atoms with E-state index in [1.54, 1.807) is 0 Å². The zero-order valence-corrected chi connectivity index (χ0v) is 6.92. The fourth-order valence-electron chi connectivity index (χ4n) is 1.97. The van der Waals surface area contributed by atoms with Gasteiger partial charge in [0.2, 0.25) is 0 Å². The van der Waals surface area contributed by atoms with Crippen LogP contribution < -0.4 is 0 Å². The molecule has 0 fully saturated rings. The standard InChI is InChI=1S/C10H12O/c1-6-7(2)10(11)9-4-3-8(6)5-9/h3-4,8-9H,5H2,1-2H3. The van der Waals surface area contributed by atoms with Crippen molar-refractivity contribution in [2.75, 3.05) is 0 Å². The Bertz CT molecular complexity index is 271. The normalized spacial score (nSPS) is 35.3. The zero-order valence-electron chi connectivity index (χ0n) is 6.92. The number of carbonyl (C=O) groups excluding carboxylic acids is 1. The number of carbonyl (C=O) groups is 1. The van der Waals surface area contributed by atoms with Crippen LogP contribution in [0.15, 0.2) is 23.3 Å². The van der Waals surface area contributed by atoms with Gasteiger partial charge in [-0.05, 0) is 31.8 Å². The van der Waals surface area contributed by atoms with E-state index in [-0.39, 0.29) is 5.92 Å². The second-order valence-corrected chi connectivity index (χ2v) is 3.51. The Labute approximate surface area is 66.8 Å². The molecule has 0 N–H and O–H groups in total. The summed E-state index contributed by atoms with van der Waals surface area (Å²) in [7, 11) is 0. The Morgan fingerprint density at radius 1 is 1.27 bits per heavy atom. The molecule has 2 bridgehead atoms. The predicted octanol–water partition coefficient (Wildman–Crippen LogP) is 2.10. The van der Waals surface area contributed by atoms with E-state index in [4.69, 9.17) is 0 Å². The first kappa shape index (κ1) is 6.84. The molecule has 0 saturated carbocycles. The van der Waals surface area contributed by atoms with Gasteiger partial charge in [-0.15, -0.1) is 0 Å². The molecule has 11 heavy (non-hydrogen) atoms. The molecule has 0 saturated heterocycles. The third kappa shape index (κ3) is 0.802. The minimum Gasteiger partial charge on any atom is -0.294 e. The number of rotatable bonds is 0. The highest BCUT2D eigenvalue weighted by atomic mass is 16.1. The molecule has 2 aliphatic rings. The second kappa shape index (κ2) is 2.07. The third-order valence-corrected chi connectivity index (χ3v) is 2.94. The van der Waals surface area contributed by atoms with E-state index in [9.17, 15) is 4.79 Å². The highest BCUT2D eigenvalue weighted by Gasteiger charge is 2.32. The van der Waals surface area contributed by atoms with Crippen molar-refractivity contribution in [3.63, 3.8) is 0 Å². The van der Waals surface area contributed by atoms with Crippen molar-refractivity contribution in [2.24, 2.45) is 11.8 Å². The molecule has 0 radical (unpaired) electrons. The topological polar surface area (TPSA) is 17.1 Å². The van der Waals surface area contributed by atoms with Gasteiger partial charge >= 0.3 is 0 Å². The van der Waals surface area contributed by atoms with Crippen molar-refractivity contribution in [3.8, 4) is 0 Å².